The Balaban J connectivity index is 2.02. The maximum atomic E-state index is 6.12. The first-order valence-corrected chi connectivity index (χ1v) is 7.22. The van der Waals surface area contributed by atoms with Gasteiger partial charge < -0.3 is 10.5 Å². The molecule has 0 bridgehead atoms. The van der Waals surface area contributed by atoms with Crippen LogP contribution in [0.4, 0.5) is 0 Å². The second-order valence-corrected chi connectivity index (χ2v) is 5.89. The number of nitrogens with two attached hydrogens (primary N) is 1. The third-order valence-corrected chi connectivity index (χ3v) is 5.03. The second kappa shape index (κ2) is 5.68. The molecule has 0 aromatic rings. The smallest absolute Gasteiger partial charge is 0.0698 e. The van der Waals surface area contributed by atoms with Gasteiger partial charge in [-0.25, -0.2) is 0 Å². The van der Waals surface area contributed by atoms with Gasteiger partial charge in [-0.15, -0.1) is 0 Å². The van der Waals surface area contributed by atoms with Crippen molar-refractivity contribution in [1.82, 2.24) is 4.90 Å². The predicted octanol–water partition coefficient (Wildman–Crippen LogP) is 2.00. The normalized spacial score (nSPS) is 39.7. The number of likely N-dealkylation sites (tertiary alicyclic amines) is 1. The first kappa shape index (κ1) is 13.3. The van der Waals surface area contributed by atoms with Crippen LogP contribution in [-0.4, -0.2) is 43.3 Å². The molecule has 3 heteroatoms. The van der Waals surface area contributed by atoms with E-state index in [2.05, 4.69) is 11.8 Å². The first-order valence-electron chi connectivity index (χ1n) is 7.22. The average Bonchev–Trinajstić information content (AvgIpc) is 2.84. The molecule has 0 radical (unpaired) electrons. The highest BCUT2D eigenvalue weighted by Gasteiger charge is 2.43. The minimum absolute atomic E-state index is 0.290. The first-order chi connectivity index (χ1) is 8.24. The summed E-state index contributed by atoms with van der Waals surface area (Å²) in [7, 11) is 1.84. The number of hydrogen-bond acceptors (Lipinski definition) is 3. The van der Waals surface area contributed by atoms with Gasteiger partial charge in [-0.1, -0.05) is 13.3 Å². The van der Waals surface area contributed by atoms with Gasteiger partial charge in [0.15, 0.2) is 0 Å². The van der Waals surface area contributed by atoms with Crippen LogP contribution in [0.5, 0.6) is 0 Å². The van der Waals surface area contributed by atoms with Crippen LogP contribution >= 0.6 is 0 Å². The molecule has 2 rings (SSSR count). The van der Waals surface area contributed by atoms with Crippen LogP contribution in [-0.2, 0) is 4.74 Å². The SMILES string of the molecule is CCC1CCC(CN)(N2CCCC(OC)C2)C1. The number of hydrogen-bond donors (Lipinski definition) is 1. The van der Waals surface area contributed by atoms with E-state index in [-0.39, 0.29) is 5.54 Å². The lowest BCUT2D eigenvalue weighted by Crippen LogP contribution is -2.56. The maximum absolute atomic E-state index is 6.12. The van der Waals surface area contributed by atoms with Crippen LogP contribution in [0.2, 0.25) is 0 Å². The molecular weight excluding hydrogens is 212 g/mol. The Morgan fingerprint density at radius 1 is 1.41 bits per heavy atom. The number of ether oxygens (including phenoxy) is 1. The molecule has 3 nitrogen and oxygen atoms in total. The quantitative estimate of drug-likeness (QED) is 0.817. The van der Waals surface area contributed by atoms with Crippen molar-refractivity contribution in [2.24, 2.45) is 11.7 Å². The Hall–Kier alpha value is -0.120. The van der Waals surface area contributed by atoms with Crippen LogP contribution in [0.25, 0.3) is 0 Å². The lowest BCUT2D eigenvalue weighted by atomic mass is 9.90. The van der Waals surface area contributed by atoms with Crippen LogP contribution < -0.4 is 5.73 Å². The summed E-state index contributed by atoms with van der Waals surface area (Å²) >= 11 is 0. The molecule has 1 saturated heterocycles. The molecule has 1 saturated carbocycles. The summed E-state index contributed by atoms with van der Waals surface area (Å²) in [6.07, 6.45) is 8.16. The van der Waals surface area contributed by atoms with Crippen molar-refractivity contribution in [3.63, 3.8) is 0 Å². The summed E-state index contributed by atoms with van der Waals surface area (Å²) in [4.78, 5) is 2.64. The summed E-state index contributed by atoms with van der Waals surface area (Å²) in [5.41, 5.74) is 6.41. The van der Waals surface area contributed by atoms with Crippen molar-refractivity contribution in [3.8, 4) is 0 Å². The fourth-order valence-electron chi connectivity index (χ4n) is 3.73. The third-order valence-electron chi connectivity index (χ3n) is 5.03. The van der Waals surface area contributed by atoms with Gasteiger partial charge in [-0.05, 0) is 44.6 Å². The van der Waals surface area contributed by atoms with E-state index in [1.54, 1.807) is 0 Å². The Morgan fingerprint density at radius 3 is 2.82 bits per heavy atom. The van der Waals surface area contributed by atoms with Crippen molar-refractivity contribution in [1.29, 1.82) is 0 Å². The minimum atomic E-state index is 0.290. The van der Waals surface area contributed by atoms with Gasteiger partial charge in [0.25, 0.3) is 0 Å². The minimum Gasteiger partial charge on any atom is -0.380 e. The molecule has 2 fully saturated rings. The monoisotopic (exact) mass is 240 g/mol. The Labute approximate surface area is 106 Å². The summed E-state index contributed by atoms with van der Waals surface area (Å²) < 4.78 is 5.54. The fourth-order valence-corrected chi connectivity index (χ4v) is 3.73. The standard InChI is InChI=1S/C14H28N2O/c1-3-12-6-7-14(9-12,11-15)16-8-4-5-13(10-16)17-2/h12-13H,3-11,15H2,1-2H3. The van der Waals surface area contributed by atoms with Gasteiger partial charge in [0, 0.05) is 25.7 Å². The van der Waals surface area contributed by atoms with Crippen molar-refractivity contribution in [3.05, 3.63) is 0 Å². The topological polar surface area (TPSA) is 38.5 Å². The molecule has 1 aliphatic heterocycles. The van der Waals surface area contributed by atoms with Gasteiger partial charge in [0.1, 0.15) is 0 Å². The van der Waals surface area contributed by atoms with E-state index in [0.29, 0.717) is 6.10 Å². The van der Waals surface area contributed by atoms with E-state index in [9.17, 15) is 0 Å². The summed E-state index contributed by atoms with van der Waals surface area (Å²) in [5.74, 6) is 0.890. The van der Waals surface area contributed by atoms with E-state index in [0.717, 1.165) is 19.0 Å². The molecule has 2 N–H and O–H groups in total. The fraction of sp³-hybridized carbons (Fsp3) is 1.00. The van der Waals surface area contributed by atoms with Crippen LogP contribution in [0.3, 0.4) is 0 Å². The molecule has 3 atom stereocenters. The zero-order chi connectivity index (χ0) is 12.3. The van der Waals surface area contributed by atoms with Crippen molar-refractivity contribution >= 4 is 0 Å². The molecule has 17 heavy (non-hydrogen) atoms. The molecule has 0 spiro atoms. The van der Waals surface area contributed by atoms with Crippen molar-refractivity contribution < 1.29 is 4.74 Å². The highest BCUT2D eigenvalue weighted by atomic mass is 16.5. The van der Waals surface area contributed by atoms with Crippen LogP contribution in [0.1, 0.15) is 45.4 Å². The molecule has 3 unspecified atom stereocenters. The number of piperidine rings is 1. The second-order valence-electron chi connectivity index (χ2n) is 5.89. The zero-order valence-corrected chi connectivity index (χ0v) is 11.5. The van der Waals surface area contributed by atoms with Crippen molar-refractivity contribution in [2.45, 2.75) is 57.1 Å². The van der Waals surface area contributed by atoms with Gasteiger partial charge >= 0.3 is 0 Å². The van der Waals surface area contributed by atoms with E-state index in [1.807, 2.05) is 7.11 Å². The van der Waals surface area contributed by atoms with E-state index >= 15 is 0 Å². The van der Waals surface area contributed by atoms with E-state index in [1.165, 1.54) is 45.1 Å². The third kappa shape index (κ3) is 2.67. The lowest BCUT2D eigenvalue weighted by Gasteiger charge is -2.45. The number of rotatable bonds is 4. The maximum Gasteiger partial charge on any atom is 0.0698 e. The Morgan fingerprint density at radius 2 is 2.24 bits per heavy atom. The van der Waals surface area contributed by atoms with Gasteiger partial charge in [-0.2, -0.15) is 0 Å². The lowest BCUT2D eigenvalue weighted by molar-refractivity contribution is -0.0165. The average molecular weight is 240 g/mol. The molecule has 1 aliphatic carbocycles. The van der Waals surface area contributed by atoms with Gasteiger partial charge in [0.2, 0.25) is 0 Å². The molecule has 0 amide bonds. The van der Waals surface area contributed by atoms with Gasteiger partial charge in [-0.3, -0.25) is 4.90 Å². The van der Waals surface area contributed by atoms with E-state index < -0.39 is 0 Å². The highest BCUT2D eigenvalue weighted by molar-refractivity contribution is 5.00. The molecule has 0 aromatic heterocycles. The highest BCUT2D eigenvalue weighted by Crippen LogP contribution is 2.41. The van der Waals surface area contributed by atoms with E-state index in [4.69, 9.17) is 10.5 Å². The predicted molar refractivity (Wildman–Crippen MR) is 71.0 cm³/mol. The number of methoxy groups -OCH3 is 1. The molecule has 1 heterocycles. The van der Waals surface area contributed by atoms with Crippen LogP contribution in [0.15, 0.2) is 0 Å². The largest absolute Gasteiger partial charge is 0.380 e. The van der Waals surface area contributed by atoms with Crippen LogP contribution in [0, 0.1) is 5.92 Å². The summed E-state index contributed by atoms with van der Waals surface area (Å²) in [6, 6.07) is 0. The zero-order valence-electron chi connectivity index (χ0n) is 11.5. The Bertz CT molecular complexity index is 246. The Kier molecular flexibility index (Phi) is 4.45. The van der Waals surface area contributed by atoms with Crippen molar-refractivity contribution in [2.75, 3.05) is 26.7 Å². The molecule has 0 aromatic carbocycles. The summed E-state index contributed by atoms with van der Waals surface area (Å²) in [5, 5.41) is 0. The molecule has 100 valence electrons. The molecular formula is C14H28N2O. The number of nitrogens with zero attached hydrogens (tertiary/aromatic N) is 1. The van der Waals surface area contributed by atoms with Gasteiger partial charge in [0.05, 0.1) is 6.10 Å². The summed E-state index contributed by atoms with van der Waals surface area (Å²) in [6.45, 7) is 5.43. The molecule has 2 aliphatic rings.